The molecule has 4 rings (SSSR count). The van der Waals surface area contributed by atoms with Gasteiger partial charge >= 0.3 is 0 Å². The van der Waals surface area contributed by atoms with Gasteiger partial charge in [-0.25, -0.2) is 0 Å². The quantitative estimate of drug-likeness (QED) is 0.646. The average molecular weight is 280 g/mol. The van der Waals surface area contributed by atoms with Crippen molar-refractivity contribution in [2.45, 2.75) is 57.3 Å². The monoisotopic (exact) mass is 280 g/mol. The molecule has 3 aliphatic rings. The SMILES string of the molecule is CC(C)(C)c1cccc2c1CC(=O)CC21CC2C=CC1C2. The van der Waals surface area contributed by atoms with Gasteiger partial charge in [0.05, 0.1) is 0 Å². The van der Waals surface area contributed by atoms with Crippen LogP contribution >= 0.6 is 0 Å². The van der Waals surface area contributed by atoms with Crippen LogP contribution in [0.3, 0.4) is 0 Å². The minimum Gasteiger partial charge on any atom is -0.299 e. The molecule has 1 fully saturated rings. The van der Waals surface area contributed by atoms with Crippen molar-refractivity contribution >= 4 is 5.78 Å². The first-order chi connectivity index (χ1) is 9.90. The summed E-state index contributed by atoms with van der Waals surface area (Å²) in [6.45, 7) is 6.78. The van der Waals surface area contributed by atoms with Crippen molar-refractivity contribution in [3.05, 3.63) is 47.0 Å². The van der Waals surface area contributed by atoms with Crippen molar-refractivity contribution in [2.24, 2.45) is 11.8 Å². The Hall–Kier alpha value is -1.37. The molecule has 0 aromatic heterocycles. The summed E-state index contributed by atoms with van der Waals surface area (Å²) < 4.78 is 0. The van der Waals surface area contributed by atoms with Crippen LogP contribution in [-0.2, 0) is 22.0 Å². The molecule has 1 saturated carbocycles. The van der Waals surface area contributed by atoms with Crippen LogP contribution in [0.4, 0.5) is 0 Å². The molecule has 2 bridgehead atoms. The number of benzene rings is 1. The number of carbonyl (C=O) groups is 1. The van der Waals surface area contributed by atoms with Crippen LogP contribution in [0.2, 0.25) is 0 Å². The summed E-state index contributed by atoms with van der Waals surface area (Å²) in [5.74, 6) is 1.73. The van der Waals surface area contributed by atoms with Crippen molar-refractivity contribution in [1.29, 1.82) is 0 Å². The van der Waals surface area contributed by atoms with Crippen molar-refractivity contribution in [3.8, 4) is 0 Å². The van der Waals surface area contributed by atoms with Gasteiger partial charge in [0.15, 0.2) is 0 Å². The Labute approximate surface area is 127 Å². The molecule has 0 saturated heterocycles. The number of carbonyl (C=O) groups excluding carboxylic acids is 1. The molecule has 0 amide bonds. The van der Waals surface area contributed by atoms with Crippen LogP contribution in [0.25, 0.3) is 0 Å². The molecule has 110 valence electrons. The van der Waals surface area contributed by atoms with E-state index in [9.17, 15) is 4.79 Å². The Morgan fingerprint density at radius 3 is 2.62 bits per heavy atom. The van der Waals surface area contributed by atoms with Gasteiger partial charge in [0.1, 0.15) is 5.78 Å². The molecule has 0 heterocycles. The zero-order chi connectivity index (χ0) is 14.8. The van der Waals surface area contributed by atoms with E-state index >= 15 is 0 Å². The zero-order valence-electron chi connectivity index (χ0n) is 13.3. The van der Waals surface area contributed by atoms with E-state index in [1.807, 2.05) is 0 Å². The highest BCUT2D eigenvalue weighted by Crippen LogP contribution is 2.58. The van der Waals surface area contributed by atoms with Crippen LogP contribution in [0.1, 0.15) is 56.7 Å². The van der Waals surface area contributed by atoms with Crippen molar-refractivity contribution in [2.75, 3.05) is 0 Å². The van der Waals surface area contributed by atoms with E-state index in [1.54, 1.807) is 0 Å². The minimum absolute atomic E-state index is 0.109. The first kappa shape index (κ1) is 13.3. The smallest absolute Gasteiger partial charge is 0.138 e. The zero-order valence-corrected chi connectivity index (χ0v) is 13.3. The Morgan fingerprint density at radius 2 is 2.00 bits per heavy atom. The second kappa shape index (κ2) is 4.09. The minimum atomic E-state index is 0.109. The highest BCUT2D eigenvalue weighted by Gasteiger charge is 2.53. The van der Waals surface area contributed by atoms with Gasteiger partial charge < -0.3 is 0 Å². The molecule has 3 aliphatic carbocycles. The van der Waals surface area contributed by atoms with Gasteiger partial charge in [0, 0.05) is 18.3 Å². The summed E-state index contributed by atoms with van der Waals surface area (Å²) in [6, 6.07) is 6.76. The van der Waals surface area contributed by atoms with Gasteiger partial charge in [-0.15, -0.1) is 0 Å². The maximum absolute atomic E-state index is 12.5. The van der Waals surface area contributed by atoms with Gasteiger partial charge in [0.25, 0.3) is 0 Å². The summed E-state index contributed by atoms with van der Waals surface area (Å²) in [5, 5.41) is 0. The van der Waals surface area contributed by atoms with Gasteiger partial charge in [-0.1, -0.05) is 51.1 Å². The molecule has 3 atom stereocenters. The lowest BCUT2D eigenvalue weighted by Crippen LogP contribution is -2.40. The third kappa shape index (κ3) is 1.79. The van der Waals surface area contributed by atoms with Crippen molar-refractivity contribution in [1.82, 2.24) is 0 Å². The lowest BCUT2D eigenvalue weighted by atomic mass is 9.61. The summed E-state index contributed by atoms with van der Waals surface area (Å²) in [6.07, 6.45) is 8.61. The third-order valence-electron chi connectivity index (χ3n) is 5.92. The summed E-state index contributed by atoms with van der Waals surface area (Å²) in [4.78, 5) is 12.5. The molecule has 0 radical (unpaired) electrons. The van der Waals surface area contributed by atoms with Crippen LogP contribution in [0, 0.1) is 11.8 Å². The molecule has 21 heavy (non-hydrogen) atoms. The number of rotatable bonds is 0. The van der Waals surface area contributed by atoms with E-state index in [2.05, 4.69) is 51.1 Å². The van der Waals surface area contributed by atoms with Gasteiger partial charge in [-0.2, -0.15) is 0 Å². The van der Waals surface area contributed by atoms with Gasteiger partial charge in [0.2, 0.25) is 0 Å². The second-order valence-corrected chi connectivity index (χ2v) is 8.32. The molecule has 1 aromatic carbocycles. The van der Waals surface area contributed by atoms with Crippen LogP contribution in [-0.4, -0.2) is 5.78 Å². The predicted octanol–water partition coefficient (Wildman–Crippen LogP) is 4.33. The fraction of sp³-hybridized carbons (Fsp3) is 0.550. The van der Waals surface area contributed by atoms with E-state index < -0.39 is 0 Å². The Balaban J connectivity index is 1.93. The van der Waals surface area contributed by atoms with E-state index in [1.165, 1.54) is 29.5 Å². The molecule has 1 heteroatoms. The molecule has 1 nitrogen and oxygen atoms in total. The highest BCUT2D eigenvalue weighted by atomic mass is 16.1. The molecule has 3 unspecified atom stereocenters. The number of fused-ring (bicyclic) bond motifs is 5. The van der Waals surface area contributed by atoms with Crippen LogP contribution < -0.4 is 0 Å². The summed E-state index contributed by atoms with van der Waals surface area (Å²) in [5.41, 5.74) is 4.44. The van der Waals surface area contributed by atoms with E-state index in [-0.39, 0.29) is 10.8 Å². The topological polar surface area (TPSA) is 17.1 Å². The van der Waals surface area contributed by atoms with Gasteiger partial charge in [-0.3, -0.25) is 4.79 Å². The number of allylic oxidation sites excluding steroid dienone is 2. The Morgan fingerprint density at radius 1 is 1.19 bits per heavy atom. The fourth-order valence-corrected chi connectivity index (χ4v) is 5.12. The van der Waals surface area contributed by atoms with E-state index in [0.29, 0.717) is 24.0 Å². The first-order valence-electron chi connectivity index (χ1n) is 8.23. The maximum Gasteiger partial charge on any atom is 0.138 e. The molecular weight excluding hydrogens is 256 g/mol. The molecular formula is C20H24O. The number of hydrogen-bond acceptors (Lipinski definition) is 1. The highest BCUT2D eigenvalue weighted by molar-refractivity contribution is 5.86. The summed E-state index contributed by atoms with van der Waals surface area (Å²) in [7, 11) is 0. The van der Waals surface area contributed by atoms with E-state index in [0.717, 1.165) is 6.42 Å². The standard InChI is InChI=1S/C20H24O/c1-19(2,3)17-5-4-6-18-16(17)10-15(21)12-20(18)11-13-7-8-14(20)9-13/h4-8,13-14H,9-12H2,1-3H3. The lowest BCUT2D eigenvalue weighted by Gasteiger charge is -2.42. The summed E-state index contributed by atoms with van der Waals surface area (Å²) >= 11 is 0. The van der Waals surface area contributed by atoms with Gasteiger partial charge in [-0.05, 0) is 46.8 Å². The van der Waals surface area contributed by atoms with Crippen molar-refractivity contribution in [3.63, 3.8) is 0 Å². The number of hydrogen-bond donors (Lipinski definition) is 0. The Kier molecular flexibility index (Phi) is 2.59. The van der Waals surface area contributed by atoms with E-state index in [4.69, 9.17) is 0 Å². The van der Waals surface area contributed by atoms with Crippen molar-refractivity contribution < 1.29 is 4.79 Å². The maximum atomic E-state index is 12.5. The molecule has 0 aliphatic heterocycles. The van der Waals surface area contributed by atoms with Crippen LogP contribution in [0.5, 0.6) is 0 Å². The average Bonchev–Trinajstić information content (AvgIpc) is 2.97. The number of ketones is 1. The first-order valence-corrected chi connectivity index (χ1v) is 8.23. The second-order valence-electron chi connectivity index (χ2n) is 8.32. The fourth-order valence-electron chi connectivity index (χ4n) is 5.12. The molecule has 0 N–H and O–H groups in total. The number of Topliss-reactive ketones (excluding diaryl/α,β-unsaturated/α-hetero) is 1. The third-order valence-corrected chi connectivity index (χ3v) is 5.92. The molecule has 1 spiro atoms. The molecule has 1 aromatic rings. The lowest BCUT2D eigenvalue weighted by molar-refractivity contribution is -0.120. The normalized spacial score (nSPS) is 33.8. The van der Waals surface area contributed by atoms with Crippen LogP contribution in [0.15, 0.2) is 30.4 Å². The predicted molar refractivity (Wildman–Crippen MR) is 85.5 cm³/mol. The Bertz CT molecular complexity index is 646. The largest absolute Gasteiger partial charge is 0.299 e.